The number of rotatable bonds is 7. The van der Waals surface area contributed by atoms with Crippen LogP contribution in [0.4, 0.5) is 17.7 Å². The first kappa shape index (κ1) is 21.1. The van der Waals surface area contributed by atoms with Gasteiger partial charge in [0.1, 0.15) is 12.1 Å². The largest absolute Gasteiger partial charge is 0.508 e. The number of phenols is 1. The molecule has 4 heterocycles. The van der Waals surface area contributed by atoms with Gasteiger partial charge in [-0.3, -0.25) is 9.88 Å². The van der Waals surface area contributed by atoms with Crippen LogP contribution in [0.15, 0.2) is 71.7 Å². The van der Waals surface area contributed by atoms with E-state index < -0.39 is 0 Å². The van der Waals surface area contributed by atoms with E-state index in [4.69, 9.17) is 15.0 Å². The third kappa shape index (κ3) is 4.04. The molecule has 0 aliphatic heterocycles. The summed E-state index contributed by atoms with van der Waals surface area (Å²) in [5.74, 6) is 1.99. The molecule has 0 radical (unpaired) electrons. The maximum absolute atomic E-state index is 9.52. The number of aryl methyl sites for hydroxylation is 1. The summed E-state index contributed by atoms with van der Waals surface area (Å²) in [6.45, 7) is 0.647. The number of nitrogens with zero attached hydrogens (tertiary/aromatic N) is 6. The lowest BCUT2D eigenvalue weighted by atomic mass is 10.1. The topological polar surface area (TPSA) is 106 Å². The molecule has 174 valence electrons. The van der Waals surface area contributed by atoms with Crippen molar-refractivity contribution in [3.63, 3.8) is 0 Å². The molecule has 0 spiro atoms. The van der Waals surface area contributed by atoms with Crippen LogP contribution in [0, 0.1) is 0 Å². The van der Waals surface area contributed by atoms with Crippen LogP contribution in [0.5, 0.6) is 5.75 Å². The van der Waals surface area contributed by atoms with Gasteiger partial charge in [-0.15, -0.1) is 0 Å². The Morgan fingerprint density at radius 1 is 1.00 bits per heavy atom. The molecule has 3 N–H and O–H groups in total. The van der Waals surface area contributed by atoms with Crippen molar-refractivity contribution < 1.29 is 5.11 Å². The molecule has 0 bridgehead atoms. The minimum Gasteiger partial charge on any atom is -0.508 e. The first-order chi connectivity index (χ1) is 17.2. The van der Waals surface area contributed by atoms with E-state index in [-0.39, 0.29) is 5.75 Å². The van der Waals surface area contributed by atoms with E-state index in [0.717, 1.165) is 28.7 Å². The van der Waals surface area contributed by atoms with E-state index in [1.807, 2.05) is 64.0 Å². The number of phenolic OH excluding ortho intramolecular Hbond substituents is 1. The fraction of sp³-hybridized carbons (Fsp3) is 0.120. The van der Waals surface area contributed by atoms with E-state index in [1.54, 1.807) is 29.8 Å². The zero-order valence-corrected chi connectivity index (χ0v) is 19.7. The minimum absolute atomic E-state index is 0.260. The molecule has 0 fully saturated rings. The lowest BCUT2D eigenvalue weighted by Crippen LogP contribution is -2.10. The highest BCUT2D eigenvalue weighted by atomic mass is 32.1. The van der Waals surface area contributed by atoms with Crippen molar-refractivity contribution in [1.82, 2.24) is 29.1 Å². The molecule has 9 nitrogen and oxygen atoms in total. The smallest absolute Gasteiger partial charge is 0.233 e. The zero-order valence-electron chi connectivity index (χ0n) is 18.9. The molecule has 0 aliphatic rings. The van der Waals surface area contributed by atoms with E-state index in [9.17, 15) is 5.11 Å². The maximum Gasteiger partial charge on any atom is 0.233 e. The van der Waals surface area contributed by atoms with Gasteiger partial charge in [0.05, 0.1) is 16.7 Å². The van der Waals surface area contributed by atoms with Crippen LogP contribution in [-0.2, 0) is 13.5 Å². The van der Waals surface area contributed by atoms with Crippen LogP contribution in [0.1, 0.15) is 5.56 Å². The Morgan fingerprint density at radius 3 is 2.66 bits per heavy atom. The van der Waals surface area contributed by atoms with Gasteiger partial charge < -0.3 is 15.0 Å². The first-order valence-electron chi connectivity index (χ1n) is 11.1. The van der Waals surface area contributed by atoms with Gasteiger partial charge in [0.25, 0.3) is 0 Å². The van der Waals surface area contributed by atoms with Crippen molar-refractivity contribution in [3.05, 3.63) is 77.2 Å². The van der Waals surface area contributed by atoms with Gasteiger partial charge in [0.15, 0.2) is 17.0 Å². The van der Waals surface area contributed by atoms with Gasteiger partial charge in [-0.05, 0) is 47.7 Å². The average Bonchev–Trinajstić information content (AvgIpc) is 3.60. The Kier molecular flexibility index (Phi) is 5.27. The number of hydrogen-bond acceptors (Lipinski definition) is 8. The van der Waals surface area contributed by atoms with Crippen LogP contribution in [0.25, 0.3) is 27.9 Å². The molecule has 4 aromatic heterocycles. The molecule has 35 heavy (non-hydrogen) atoms. The molecule has 6 rings (SSSR count). The number of anilines is 3. The Morgan fingerprint density at radius 2 is 1.86 bits per heavy atom. The Labute approximate surface area is 204 Å². The highest BCUT2D eigenvalue weighted by Crippen LogP contribution is 2.27. The van der Waals surface area contributed by atoms with Gasteiger partial charge in [0.2, 0.25) is 11.9 Å². The zero-order chi connectivity index (χ0) is 23.8. The molecule has 6 aromatic rings. The van der Waals surface area contributed by atoms with Gasteiger partial charge in [-0.25, -0.2) is 9.97 Å². The summed E-state index contributed by atoms with van der Waals surface area (Å²) < 4.78 is 3.94. The summed E-state index contributed by atoms with van der Waals surface area (Å²) in [6.07, 6.45) is 2.54. The standard InChI is InChI=1S/C25H22N8OS/c1-32-20-5-3-2-4-19(20)28-25(32)31-24-29-22(26-12-10-16-6-8-18(34)9-7-16)21-23(30-24)33(15-27-21)17-11-13-35-14-17/h2-9,11,13-15,34H,10,12H2,1H3,(H2,26,28,29,30,31). The molecular weight excluding hydrogens is 460 g/mol. The normalized spacial score (nSPS) is 11.3. The van der Waals surface area contributed by atoms with E-state index in [0.29, 0.717) is 35.4 Å². The number of para-hydroxylation sites is 2. The van der Waals surface area contributed by atoms with Crippen LogP contribution < -0.4 is 10.6 Å². The monoisotopic (exact) mass is 482 g/mol. The van der Waals surface area contributed by atoms with Crippen molar-refractivity contribution in [2.24, 2.45) is 7.05 Å². The molecule has 0 atom stereocenters. The molecule has 0 saturated heterocycles. The van der Waals surface area contributed by atoms with Gasteiger partial charge in [0, 0.05) is 19.0 Å². The summed E-state index contributed by atoms with van der Waals surface area (Å²) in [4.78, 5) is 18.9. The summed E-state index contributed by atoms with van der Waals surface area (Å²) in [7, 11) is 1.96. The van der Waals surface area contributed by atoms with Crippen LogP contribution >= 0.6 is 11.3 Å². The van der Waals surface area contributed by atoms with E-state index in [2.05, 4.69) is 21.0 Å². The second-order valence-corrected chi connectivity index (χ2v) is 8.90. The second kappa shape index (κ2) is 8.73. The van der Waals surface area contributed by atoms with Crippen molar-refractivity contribution in [3.8, 4) is 11.4 Å². The number of thiophene rings is 1. The number of aromatic nitrogens is 6. The average molecular weight is 483 g/mol. The van der Waals surface area contributed by atoms with Crippen molar-refractivity contribution in [2.45, 2.75) is 6.42 Å². The predicted molar refractivity (Wildman–Crippen MR) is 139 cm³/mol. The fourth-order valence-electron chi connectivity index (χ4n) is 4.01. The van der Waals surface area contributed by atoms with Crippen molar-refractivity contribution >= 4 is 51.2 Å². The first-order valence-corrected chi connectivity index (χ1v) is 12.1. The molecule has 0 aliphatic carbocycles. The molecule has 2 aromatic carbocycles. The summed E-state index contributed by atoms with van der Waals surface area (Å²) >= 11 is 1.62. The van der Waals surface area contributed by atoms with Gasteiger partial charge in [-0.2, -0.15) is 21.3 Å². The quantitative estimate of drug-likeness (QED) is 0.298. The highest BCUT2D eigenvalue weighted by molar-refractivity contribution is 7.08. The number of nitrogens with one attached hydrogen (secondary N) is 2. The van der Waals surface area contributed by atoms with E-state index in [1.165, 1.54) is 0 Å². The summed E-state index contributed by atoms with van der Waals surface area (Å²) in [6, 6.07) is 17.2. The summed E-state index contributed by atoms with van der Waals surface area (Å²) in [5.41, 5.74) is 5.42. The molecular formula is C25H22N8OS. The lowest BCUT2D eigenvalue weighted by Gasteiger charge is -2.11. The third-order valence-corrected chi connectivity index (χ3v) is 6.50. The third-order valence-electron chi connectivity index (χ3n) is 5.83. The minimum atomic E-state index is 0.260. The van der Waals surface area contributed by atoms with Crippen LogP contribution in [0.3, 0.4) is 0 Å². The Hall–Kier alpha value is -4.44. The SMILES string of the molecule is Cn1c(Nc2nc(NCCc3ccc(O)cc3)c3ncn(-c4ccsc4)c3n2)nc2ccccc21. The second-order valence-electron chi connectivity index (χ2n) is 8.12. The number of fused-ring (bicyclic) bond motifs is 2. The fourth-order valence-corrected chi connectivity index (χ4v) is 4.64. The molecule has 10 heteroatoms. The van der Waals surface area contributed by atoms with Crippen molar-refractivity contribution in [2.75, 3.05) is 17.2 Å². The Bertz CT molecular complexity index is 1620. The van der Waals surface area contributed by atoms with E-state index >= 15 is 0 Å². The molecule has 0 saturated carbocycles. The maximum atomic E-state index is 9.52. The summed E-state index contributed by atoms with van der Waals surface area (Å²) in [5, 5.41) is 20.3. The number of hydrogen-bond donors (Lipinski definition) is 3. The molecule has 0 amide bonds. The van der Waals surface area contributed by atoms with Crippen LogP contribution in [0.2, 0.25) is 0 Å². The highest BCUT2D eigenvalue weighted by Gasteiger charge is 2.16. The molecule has 0 unspecified atom stereocenters. The number of imidazole rings is 2. The van der Waals surface area contributed by atoms with Gasteiger partial charge in [-0.1, -0.05) is 24.3 Å². The Balaban J connectivity index is 1.36. The van der Waals surface area contributed by atoms with Crippen LogP contribution in [-0.4, -0.2) is 40.7 Å². The predicted octanol–water partition coefficient (Wildman–Crippen LogP) is 4.87. The number of benzene rings is 2. The van der Waals surface area contributed by atoms with Crippen molar-refractivity contribution in [1.29, 1.82) is 0 Å². The van der Waals surface area contributed by atoms with Gasteiger partial charge >= 0.3 is 0 Å². The number of aromatic hydroxyl groups is 1. The lowest BCUT2D eigenvalue weighted by molar-refractivity contribution is 0.475.